The van der Waals surface area contributed by atoms with E-state index < -0.39 is 5.82 Å². The van der Waals surface area contributed by atoms with Crippen LogP contribution in [0.25, 0.3) is 0 Å². The molecule has 1 unspecified atom stereocenters. The lowest BCUT2D eigenvalue weighted by Crippen LogP contribution is -2.19. The van der Waals surface area contributed by atoms with Crippen molar-refractivity contribution >= 4 is 23.2 Å². The van der Waals surface area contributed by atoms with Crippen LogP contribution in [0.3, 0.4) is 0 Å². The van der Waals surface area contributed by atoms with Crippen molar-refractivity contribution in [1.82, 2.24) is 0 Å². The molecule has 20 heavy (non-hydrogen) atoms. The van der Waals surface area contributed by atoms with Crippen LogP contribution in [0.1, 0.15) is 11.1 Å². The fourth-order valence-corrected chi connectivity index (χ4v) is 2.52. The Kier molecular flexibility index (Phi) is 5.41. The predicted molar refractivity (Wildman–Crippen MR) is 82.8 cm³/mol. The topological polar surface area (TPSA) is 26.0 Å². The van der Waals surface area contributed by atoms with E-state index in [1.807, 2.05) is 24.3 Å². The quantitative estimate of drug-likeness (QED) is 0.865. The minimum atomic E-state index is -0.391. The molecule has 2 aromatic rings. The Labute approximate surface area is 128 Å². The zero-order valence-electron chi connectivity index (χ0n) is 11.0. The molecule has 106 valence electrons. The highest BCUT2D eigenvalue weighted by atomic mass is 35.5. The highest BCUT2D eigenvalue weighted by molar-refractivity contribution is 6.31. The second-order valence-corrected chi connectivity index (χ2v) is 5.73. The number of hydrogen-bond acceptors (Lipinski definition) is 1. The van der Waals surface area contributed by atoms with Crippen molar-refractivity contribution in [3.8, 4) is 0 Å². The Balaban J connectivity index is 2.04. The summed E-state index contributed by atoms with van der Waals surface area (Å²) in [5.41, 5.74) is 8.03. The lowest BCUT2D eigenvalue weighted by Gasteiger charge is -2.15. The number of nitrogens with two attached hydrogens (primary N) is 1. The Bertz CT molecular complexity index is 569. The van der Waals surface area contributed by atoms with Crippen molar-refractivity contribution in [3.05, 3.63) is 69.5 Å². The molecule has 0 radical (unpaired) electrons. The fourth-order valence-electron chi connectivity index (χ4n) is 2.19. The van der Waals surface area contributed by atoms with Crippen LogP contribution >= 0.6 is 23.2 Å². The van der Waals surface area contributed by atoms with E-state index in [0.29, 0.717) is 6.54 Å². The molecule has 0 heterocycles. The normalized spacial score (nSPS) is 12.4. The van der Waals surface area contributed by atoms with Crippen molar-refractivity contribution in [1.29, 1.82) is 0 Å². The second-order valence-electron chi connectivity index (χ2n) is 4.88. The first kappa shape index (κ1) is 15.3. The SMILES string of the molecule is NCC(Cc1ccc(Cl)cc1)Cc1ccc(F)c(Cl)c1. The molecular formula is C16H16Cl2FN. The fraction of sp³-hybridized carbons (Fsp3) is 0.250. The molecular weight excluding hydrogens is 296 g/mol. The molecule has 2 aromatic carbocycles. The molecule has 2 N–H and O–H groups in total. The molecule has 0 amide bonds. The number of halogens is 3. The van der Waals surface area contributed by atoms with E-state index in [9.17, 15) is 4.39 Å². The molecule has 0 saturated heterocycles. The summed E-state index contributed by atoms with van der Waals surface area (Å²) >= 11 is 11.7. The molecule has 0 spiro atoms. The summed E-state index contributed by atoms with van der Waals surface area (Å²) in [4.78, 5) is 0. The van der Waals surface area contributed by atoms with E-state index in [1.54, 1.807) is 12.1 Å². The summed E-state index contributed by atoms with van der Waals surface area (Å²) < 4.78 is 13.1. The number of rotatable bonds is 5. The summed E-state index contributed by atoms with van der Waals surface area (Å²) in [5.74, 6) is -0.102. The average Bonchev–Trinajstić information content (AvgIpc) is 2.44. The van der Waals surface area contributed by atoms with Crippen LogP contribution in [0.4, 0.5) is 4.39 Å². The third-order valence-electron chi connectivity index (χ3n) is 3.28. The minimum absolute atomic E-state index is 0.157. The Morgan fingerprint density at radius 3 is 2.15 bits per heavy atom. The van der Waals surface area contributed by atoms with E-state index in [2.05, 4.69) is 0 Å². The van der Waals surface area contributed by atoms with Crippen molar-refractivity contribution in [2.75, 3.05) is 6.54 Å². The lowest BCUT2D eigenvalue weighted by atomic mass is 9.93. The van der Waals surface area contributed by atoms with Gasteiger partial charge in [-0.15, -0.1) is 0 Å². The number of benzene rings is 2. The van der Waals surface area contributed by atoms with Gasteiger partial charge in [-0.05, 0) is 60.7 Å². The first-order valence-corrected chi connectivity index (χ1v) is 7.22. The molecule has 0 bridgehead atoms. The summed E-state index contributed by atoms with van der Waals surface area (Å²) in [7, 11) is 0. The molecule has 0 aromatic heterocycles. The van der Waals surface area contributed by atoms with E-state index in [-0.39, 0.29) is 10.9 Å². The van der Waals surface area contributed by atoms with Crippen molar-refractivity contribution < 1.29 is 4.39 Å². The van der Waals surface area contributed by atoms with Gasteiger partial charge in [0, 0.05) is 5.02 Å². The van der Waals surface area contributed by atoms with Gasteiger partial charge in [0.15, 0.2) is 0 Å². The van der Waals surface area contributed by atoms with Crippen LogP contribution in [0.15, 0.2) is 42.5 Å². The molecule has 0 saturated carbocycles. The van der Waals surface area contributed by atoms with Gasteiger partial charge >= 0.3 is 0 Å². The minimum Gasteiger partial charge on any atom is -0.330 e. The third kappa shape index (κ3) is 4.20. The lowest BCUT2D eigenvalue weighted by molar-refractivity contribution is 0.532. The van der Waals surface area contributed by atoms with Gasteiger partial charge in [-0.25, -0.2) is 4.39 Å². The van der Waals surface area contributed by atoms with Gasteiger partial charge in [0.2, 0.25) is 0 Å². The summed E-state index contributed by atoms with van der Waals surface area (Å²) in [5, 5.41) is 0.883. The van der Waals surface area contributed by atoms with Gasteiger partial charge in [-0.2, -0.15) is 0 Å². The summed E-state index contributed by atoms with van der Waals surface area (Å²) in [6.07, 6.45) is 1.64. The largest absolute Gasteiger partial charge is 0.330 e. The highest BCUT2D eigenvalue weighted by Crippen LogP contribution is 2.20. The van der Waals surface area contributed by atoms with E-state index in [1.165, 1.54) is 11.6 Å². The van der Waals surface area contributed by atoms with Crippen LogP contribution in [-0.4, -0.2) is 6.54 Å². The Hall–Kier alpha value is -1.09. The van der Waals surface area contributed by atoms with Gasteiger partial charge in [0.05, 0.1) is 5.02 Å². The van der Waals surface area contributed by atoms with Gasteiger partial charge in [-0.1, -0.05) is 41.4 Å². The summed E-state index contributed by atoms with van der Waals surface area (Å²) in [6.45, 7) is 0.567. The Morgan fingerprint density at radius 1 is 0.950 bits per heavy atom. The predicted octanol–water partition coefficient (Wildman–Crippen LogP) is 4.49. The van der Waals surface area contributed by atoms with Crippen molar-refractivity contribution in [2.45, 2.75) is 12.8 Å². The molecule has 0 aliphatic carbocycles. The maximum atomic E-state index is 13.1. The first-order chi connectivity index (χ1) is 9.58. The van der Waals surface area contributed by atoms with Crippen molar-refractivity contribution in [2.24, 2.45) is 11.7 Å². The molecule has 1 nitrogen and oxygen atoms in total. The maximum absolute atomic E-state index is 13.1. The smallest absolute Gasteiger partial charge is 0.141 e. The van der Waals surface area contributed by atoms with Gasteiger partial charge in [0.1, 0.15) is 5.82 Å². The van der Waals surface area contributed by atoms with E-state index in [0.717, 1.165) is 23.4 Å². The summed E-state index contributed by atoms with van der Waals surface area (Å²) in [6, 6.07) is 12.6. The second kappa shape index (κ2) is 7.07. The highest BCUT2D eigenvalue weighted by Gasteiger charge is 2.10. The molecule has 0 fully saturated rings. The first-order valence-electron chi connectivity index (χ1n) is 6.47. The van der Waals surface area contributed by atoms with E-state index >= 15 is 0 Å². The monoisotopic (exact) mass is 311 g/mol. The Morgan fingerprint density at radius 2 is 1.55 bits per heavy atom. The van der Waals surface area contributed by atoms with Crippen LogP contribution in [0, 0.1) is 11.7 Å². The van der Waals surface area contributed by atoms with Crippen LogP contribution in [0.2, 0.25) is 10.0 Å². The zero-order valence-corrected chi connectivity index (χ0v) is 12.5. The van der Waals surface area contributed by atoms with Crippen LogP contribution in [0.5, 0.6) is 0 Å². The third-order valence-corrected chi connectivity index (χ3v) is 3.82. The van der Waals surface area contributed by atoms with Crippen molar-refractivity contribution in [3.63, 3.8) is 0 Å². The van der Waals surface area contributed by atoms with Gasteiger partial charge in [-0.3, -0.25) is 0 Å². The molecule has 1 atom stereocenters. The molecule has 0 aliphatic heterocycles. The number of hydrogen-bond donors (Lipinski definition) is 1. The molecule has 0 aliphatic rings. The van der Waals surface area contributed by atoms with Gasteiger partial charge < -0.3 is 5.73 Å². The zero-order chi connectivity index (χ0) is 14.5. The van der Waals surface area contributed by atoms with E-state index in [4.69, 9.17) is 28.9 Å². The van der Waals surface area contributed by atoms with Crippen LogP contribution < -0.4 is 5.73 Å². The molecule has 2 rings (SSSR count). The van der Waals surface area contributed by atoms with Crippen LogP contribution in [-0.2, 0) is 12.8 Å². The average molecular weight is 312 g/mol. The van der Waals surface area contributed by atoms with Gasteiger partial charge in [0.25, 0.3) is 0 Å². The maximum Gasteiger partial charge on any atom is 0.141 e. The standard InChI is InChI=1S/C16H16Cl2FN/c17-14-4-1-11(2-5-14)7-13(10-20)8-12-3-6-16(19)15(18)9-12/h1-6,9,13H,7-8,10,20H2. The molecule has 4 heteroatoms.